The summed E-state index contributed by atoms with van der Waals surface area (Å²) in [6, 6.07) is 10.7. The van der Waals surface area contributed by atoms with Crippen molar-refractivity contribution in [2.24, 2.45) is 0 Å². The summed E-state index contributed by atoms with van der Waals surface area (Å²) in [5.41, 5.74) is 6.74. The number of rotatable bonds is 7. The summed E-state index contributed by atoms with van der Waals surface area (Å²) < 4.78 is 5.20. The molecule has 0 aliphatic rings. The fourth-order valence-electron chi connectivity index (χ4n) is 2.31. The van der Waals surface area contributed by atoms with E-state index in [9.17, 15) is 19.7 Å². The van der Waals surface area contributed by atoms with Crippen LogP contribution in [0.1, 0.15) is 22.8 Å². The minimum absolute atomic E-state index is 0.114. The molecule has 0 saturated carbocycles. The number of carbonyl (C=O) groups excluding carboxylic acids is 2. The molecule has 0 aliphatic carbocycles. The van der Waals surface area contributed by atoms with Gasteiger partial charge in [-0.15, -0.1) is 0 Å². The minimum Gasteiger partial charge on any atom is -0.495 e. The van der Waals surface area contributed by atoms with Crippen LogP contribution in [0.2, 0.25) is 0 Å². The smallest absolute Gasteiger partial charge is 0.270 e. The average Bonchev–Trinajstić information content (AvgIpc) is 2.66. The number of ether oxygens (including phenoxy) is 1. The van der Waals surface area contributed by atoms with Gasteiger partial charge in [-0.05, 0) is 37.6 Å². The van der Waals surface area contributed by atoms with Gasteiger partial charge >= 0.3 is 0 Å². The Hall–Kier alpha value is -3.88. The quantitative estimate of drug-likeness (QED) is 0.383. The van der Waals surface area contributed by atoms with Crippen LogP contribution in [-0.4, -0.2) is 23.8 Å². The monoisotopic (exact) mass is 384 g/mol. The van der Waals surface area contributed by atoms with Crippen LogP contribution in [0, 0.1) is 17.0 Å². The van der Waals surface area contributed by atoms with Crippen molar-refractivity contribution in [1.29, 1.82) is 0 Å². The summed E-state index contributed by atoms with van der Waals surface area (Å²) in [5.74, 6) is -0.465. The van der Waals surface area contributed by atoms with Gasteiger partial charge in [-0.3, -0.25) is 25.1 Å². The third-order valence-corrected chi connectivity index (χ3v) is 3.65. The predicted molar refractivity (Wildman–Crippen MR) is 104 cm³/mol. The maximum Gasteiger partial charge on any atom is 0.270 e. The highest BCUT2D eigenvalue weighted by atomic mass is 16.6. The Morgan fingerprint density at radius 1 is 1.14 bits per heavy atom. The molecule has 0 aliphatic heterocycles. The van der Waals surface area contributed by atoms with Gasteiger partial charge in [0.15, 0.2) is 0 Å². The van der Waals surface area contributed by atoms with E-state index in [4.69, 9.17) is 4.74 Å². The highest BCUT2D eigenvalue weighted by Gasteiger charge is 2.11. The van der Waals surface area contributed by atoms with E-state index < -0.39 is 16.7 Å². The van der Waals surface area contributed by atoms with Crippen LogP contribution in [-0.2, 0) is 4.79 Å². The first-order valence-electron chi connectivity index (χ1n) is 8.25. The third-order valence-electron chi connectivity index (χ3n) is 3.65. The fourth-order valence-corrected chi connectivity index (χ4v) is 2.31. The lowest BCUT2D eigenvalue weighted by atomic mass is 10.2. The van der Waals surface area contributed by atoms with Crippen molar-refractivity contribution in [3.63, 3.8) is 0 Å². The van der Waals surface area contributed by atoms with Crippen molar-refractivity contribution in [2.45, 2.75) is 13.8 Å². The fraction of sp³-hybridized carbons (Fsp3) is 0.158. The number of benzene rings is 2. The second-order valence-corrected chi connectivity index (χ2v) is 5.91. The van der Waals surface area contributed by atoms with Crippen LogP contribution in [0.15, 0.2) is 54.2 Å². The molecule has 2 amide bonds. The number of methoxy groups -OCH3 is 1. The molecule has 0 aromatic heterocycles. The number of aryl methyl sites for hydroxylation is 1. The van der Waals surface area contributed by atoms with Crippen LogP contribution in [0.3, 0.4) is 0 Å². The first-order chi connectivity index (χ1) is 13.3. The zero-order valence-corrected chi connectivity index (χ0v) is 15.6. The largest absolute Gasteiger partial charge is 0.495 e. The first kappa shape index (κ1) is 20.4. The van der Waals surface area contributed by atoms with E-state index in [1.165, 1.54) is 31.4 Å². The number of nitro groups is 1. The van der Waals surface area contributed by atoms with Gasteiger partial charge in [0, 0.05) is 29.5 Å². The molecule has 146 valence electrons. The molecule has 3 N–H and O–H groups in total. The predicted octanol–water partition coefficient (Wildman–Crippen LogP) is 2.69. The Bertz CT molecular complexity index is 940. The standard InChI is InChI=1S/C19H20N4O5/c1-12-7-8-17(28-3)16(9-12)20-18(24)10-13(2)21-22-19(25)14-5-4-6-15(11-14)23(26)27/h4-11,21H,1-3H3,(H,20,24)(H,22,25). The SMILES string of the molecule is COc1ccc(C)cc1NC(=O)C=C(C)NNC(=O)c1cccc([N+](=O)[O-])c1. The van der Waals surface area contributed by atoms with Gasteiger partial charge < -0.3 is 15.5 Å². The Balaban J connectivity index is 1.98. The third kappa shape index (κ3) is 5.56. The average molecular weight is 384 g/mol. The van der Waals surface area contributed by atoms with Gasteiger partial charge in [0.2, 0.25) is 5.91 Å². The Morgan fingerprint density at radius 2 is 1.89 bits per heavy atom. The topological polar surface area (TPSA) is 123 Å². The van der Waals surface area contributed by atoms with E-state index in [0.717, 1.165) is 11.6 Å². The van der Waals surface area contributed by atoms with Crippen molar-refractivity contribution < 1.29 is 19.2 Å². The van der Waals surface area contributed by atoms with Gasteiger partial charge in [-0.25, -0.2) is 0 Å². The van der Waals surface area contributed by atoms with Crippen LogP contribution < -0.4 is 20.9 Å². The van der Waals surface area contributed by atoms with Gasteiger partial charge in [-0.1, -0.05) is 12.1 Å². The number of nitrogens with one attached hydrogen (secondary N) is 3. The van der Waals surface area contributed by atoms with Crippen LogP contribution in [0.4, 0.5) is 11.4 Å². The summed E-state index contributed by atoms with van der Waals surface area (Å²) in [7, 11) is 1.51. The molecule has 2 aromatic carbocycles. The molecule has 0 fully saturated rings. The Kier molecular flexibility index (Phi) is 6.69. The molecule has 0 spiro atoms. The molecule has 0 bridgehead atoms. The summed E-state index contributed by atoms with van der Waals surface area (Å²) in [6.45, 7) is 3.47. The van der Waals surface area contributed by atoms with Gasteiger partial charge in [0.05, 0.1) is 17.7 Å². The second-order valence-electron chi connectivity index (χ2n) is 5.91. The summed E-state index contributed by atoms with van der Waals surface area (Å²) in [4.78, 5) is 34.4. The molecule has 9 nitrogen and oxygen atoms in total. The number of allylic oxidation sites excluding steroid dienone is 1. The molecular weight excluding hydrogens is 364 g/mol. The maximum atomic E-state index is 12.2. The van der Waals surface area contributed by atoms with Gasteiger partial charge in [0.25, 0.3) is 11.6 Å². The molecule has 0 atom stereocenters. The van der Waals surface area contributed by atoms with Crippen molar-refractivity contribution >= 4 is 23.2 Å². The van der Waals surface area contributed by atoms with Gasteiger partial charge in [0.1, 0.15) is 5.75 Å². The van der Waals surface area contributed by atoms with E-state index in [2.05, 4.69) is 16.2 Å². The number of amides is 2. The lowest BCUT2D eigenvalue weighted by molar-refractivity contribution is -0.384. The molecule has 2 rings (SSSR count). The van der Waals surface area contributed by atoms with E-state index in [-0.39, 0.29) is 11.3 Å². The number of hydrazine groups is 1. The molecule has 2 aromatic rings. The summed E-state index contributed by atoms with van der Waals surface area (Å²) in [6.07, 6.45) is 1.26. The number of anilines is 1. The van der Waals surface area contributed by atoms with Crippen molar-refractivity contribution in [3.8, 4) is 5.75 Å². The van der Waals surface area contributed by atoms with E-state index in [1.54, 1.807) is 19.1 Å². The zero-order chi connectivity index (χ0) is 20.7. The molecule has 0 unspecified atom stereocenters. The molecule has 28 heavy (non-hydrogen) atoms. The summed E-state index contributed by atoms with van der Waals surface area (Å²) in [5, 5.41) is 13.5. The number of carbonyl (C=O) groups is 2. The van der Waals surface area contributed by atoms with E-state index in [1.807, 2.05) is 13.0 Å². The first-order valence-corrected chi connectivity index (χ1v) is 8.25. The molecule has 0 saturated heterocycles. The van der Waals surface area contributed by atoms with Crippen LogP contribution in [0.25, 0.3) is 0 Å². The molecule has 9 heteroatoms. The van der Waals surface area contributed by atoms with Crippen LogP contribution in [0.5, 0.6) is 5.75 Å². The van der Waals surface area contributed by atoms with E-state index in [0.29, 0.717) is 17.1 Å². The van der Waals surface area contributed by atoms with Crippen molar-refractivity contribution in [1.82, 2.24) is 10.9 Å². The van der Waals surface area contributed by atoms with Crippen molar-refractivity contribution in [3.05, 3.63) is 75.5 Å². The molecular formula is C19H20N4O5. The molecule has 0 heterocycles. The Morgan fingerprint density at radius 3 is 2.57 bits per heavy atom. The number of hydrogen-bond donors (Lipinski definition) is 3. The number of nitro benzene ring substituents is 1. The second kappa shape index (κ2) is 9.17. The Labute approximate surface area is 161 Å². The number of hydrogen-bond acceptors (Lipinski definition) is 6. The van der Waals surface area contributed by atoms with Gasteiger partial charge in [-0.2, -0.15) is 0 Å². The maximum absolute atomic E-state index is 12.2. The number of non-ortho nitro benzene ring substituents is 1. The lowest BCUT2D eigenvalue weighted by Gasteiger charge is -2.11. The van der Waals surface area contributed by atoms with E-state index >= 15 is 0 Å². The van der Waals surface area contributed by atoms with Crippen LogP contribution >= 0.6 is 0 Å². The number of nitrogens with zero attached hydrogens (tertiary/aromatic N) is 1. The minimum atomic E-state index is -0.584. The lowest BCUT2D eigenvalue weighted by Crippen LogP contribution is -2.36. The normalized spacial score (nSPS) is 10.8. The highest BCUT2D eigenvalue weighted by Crippen LogP contribution is 2.25. The summed E-state index contributed by atoms with van der Waals surface area (Å²) >= 11 is 0. The molecule has 0 radical (unpaired) electrons. The van der Waals surface area contributed by atoms with Crippen molar-refractivity contribution in [2.75, 3.05) is 12.4 Å². The zero-order valence-electron chi connectivity index (χ0n) is 15.6. The highest BCUT2D eigenvalue weighted by molar-refractivity contribution is 6.00.